The number of anilines is 1. The SMILES string of the molecule is COC(=O)C1=C(C(=O)OC)C2(C(Cc3ccc(Cl)cc3)Nc3cc(F)cc(F)c3)C=CC1O2. The Morgan fingerprint density at radius 1 is 1.09 bits per heavy atom. The van der Waals surface area contributed by atoms with Crippen LogP contribution in [0.2, 0.25) is 5.02 Å². The average Bonchev–Trinajstić information content (AvgIpc) is 3.36. The van der Waals surface area contributed by atoms with Crippen LogP contribution >= 0.6 is 11.6 Å². The van der Waals surface area contributed by atoms with E-state index in [1.165, 1.54) is 14.2 Å². The number of benzene rings is 2. The molecule has 0 aromatic heterocycles. The Balaban J connectivity index is 1.83. The molecule has 0 spiro atoms. The lowest BCUT2D eigenvalue weighted by molar-refractivity contribution is -0.139. The van der Waals surface area contributed by atoms with Crippen LogP contribution in [0.3, 0.4) is 0 Å². The fourth-order valence-corrected chi connectivity index (χ4v) is 4.37. The maximum atomic E-state index is 13.9. The molecule has 0 fully saturated rings. The number of nitrogens with one attached hydrogen (secondary N) is 1. The van der Waals surface area contributed by atoms with Crippen molar-refractivity contribution in [2.75, 3.05) is 19.5 Å². The Labute approximate surface area is 193 Å². The van der Waals surface area contributed by atoms with Crippen LogP contribution in [0.25, 0.3) is 0 Å². The predicted molar refractivity (Wildman–Crippen MR) is 117 cm³/mol. The molecule has 2 bridgehead atoms. The molecular formula is C24H20ClF2NO5. The summed E-state index contributed by atoms with van der Waals surface area (Å²) in [5.41, 5.74) is -0.506. The van der Waals surface area contributed by atoms with Gasteiger partial charge < -0.3 is 19.5 Å². The van der Waals surface area contributed by atoms with Crippen molar-refractivity contribution in [1.82, 2.24) is 0 Å². The van der Waals surface area contributed by atoms with Crippen molar-refractivity contribution >= 4 is 29.2 Å². The number of rotatable bonds is 7. The minimum absolute atomic E-state index is 0.0207. The van der Waals surface area contributed by atoms with E-state index in [1.807, 2.05) is 0 Å². The van der Waals surface area contributed by atoms with Crippen LogP contribution in [0, 0.1) is 11.6 Å². The maximum absolute atomic E-state index is 13.9. The van der Waals surface area contributed by atoms with E-state index >= 15 is 0 Å². The van der Waals surface area contributed by atoms with Crippen LogP contribution in [0.5, 0.6) is 0 Å². The van der Waals surface area contributed by atoms with E-state index in [0.717, 1.165) is 23.8 Å². The number of hydrogen-bond donors (Lipinski definition) is 1. The number of carbonyl (C=O) groups is 2. The van der Waals surface area contributed by atoms with Gasteiger partial charge in [-0.25, -0.2) is 18.4 Å². The van der Waals surface area contributed by atoms with Gasteiger partial charge in [0.25, 0.3) is 0 Å². The second-order valence-corrected chi connectivity index (χ2v) is 8.08. The monoisotopic (exact) mass is 475 g/mol. The lowest BCUT2D eigenvalue weighted by Crippen LogP contribution is -2.49. The molecule has 6 nitrogen and oxygen atoms in total. The number of hydrogen-bond acceptors (Lipinski definition) is 6. The van der Waals surface area contributed by atoms with Gasteiger partial charge in [0.1, 0.15) is 23.3 Å². The van der Waals surface area contributed by atoms with Gasteiger partial charge in [-0.1, -0.05) is 29.8 Å². The molecule has 2 aliphatic rings. The molecule has 2 aliphatic heterocycles. The molecule has 0 saturated carbocycles. The topological polar surface area (TPSA) is 73.9 Å². The van der Waals surface area contributed by atoms with Crippen LogP contribution in [0.1, 0.15) is 5.56 Å². The minimum Gasteiger partial charge on any atom is -0.466 e. The van der Waals surface area contributed by atoms with Crippen molar-refractivity contribution in [1.29, 1.82) is 0 Å². The van der Waals surface area contributed by atoms with Crippen molar-refractivity contribution in [3.05, 3.63) is 88.0 Å². The Hall–Kier alpha value is -3.23. The van der Waals surface area contributed by atoms with Gasteiger partial charge in [-0.05, 0) is 42.3 Å². The van der Waals surface area contributed by atoms with Crippen molar-refractivity contribution in [2.24, 2.45) is 0 Å². The summed E-state index contributed by atoms with van der Waals surface area (Å²) in [5.74, 6) is -3.04. The molecule has 2 heterocycles. The first-order chi connectivity index (χ1) is 15.8. The van der Waals surface area contributed by atoms with E-state index in [0.29, 0.717) is 5.02 Å². The fourth-order valence-electron chi connectivity index (χ4n) is 4.25. The molecule has 3 atom stereocenters. The van der Waals surface area contributed by atoms with Gasteiger partial charge in [-0.3, -0.25) is 0 Å². The van der Waals surface area contributed by atoms with Crippen molar-refractivity contribution in [2.45, 2.75) is 24.2 Å². The van der Waals surface area contributed by atoms with Crippen LogP contribution in [-0.4, -0.2) is 43.9 Å². The molecule has 2 aromatic carbocycles. The normalized spacial score (nSPS) is 21.8. The summed E-state index contributed by atoms with van der Waals surface area (Å²) in [6, 6.07) is 9.22. The van der Waals surface area contributed by atoms with Gasteiger partial charge in [0.2, 0.25) is 0 Å². The zero-order valence-corrected chi connectivity index (χ0v) is 18.5. The van der Waals surface area contributed by atoms with Crippen molar-refractivity contribution < 1.29 is 32.6 Å². The molecule has 3 unspecified atom stereocenters. The second kappa shape index (κ2) is 8.96. The van der Waals surface area contributed by atoms with Crippen molar-refractivity contribution in [3.8, 4) is 0 Å². The number of ether oxygens (including phenoxy) is 3. The third-order valence-corrected chi connectivity index (χ3v) is 5.91. The number of halogens is 3. The maximum Gasteiger partial charge on any atom is 0.337 e. The van der Waals surface area contributed by atoms with E-state index in [2.05, 4.69) is 5.32 Å². The summed E-state index contributed by atoms with van der Waals surface area (Å²) in [6.07, 6.45) is 2.72. The summed E-state index contributed by atoms with van der Waals surface area (Å²) in [6.45, 7) is 0. The molecule has 2 aromatic rings. The first-order valence-electron chi connectivity index (χ1n) is 10.0. The molecule has 4 rings (SSSR count). The summed E-state index contributed by atoms with van der Waals surface area (Å²) in [4.78, 5) is 25.3. The lowest BCUT2D eigenvalue weighted by atomic mass is 9.79. The Morgan fingerprint density at radius 3 is 2.33 bits per heavy atom. The summed E-state index contributed by atoms with van der Waals surface area (Å²) < 4.78 is 43.8. The molecule has 172 valence electrons. The number of methoxy groups -OCH3 is 2. The van der Waals surface area contributed by atoms with Gasteiger partial charge >= 0.3 is 11.9 Å². The lowest BCUT2D eigenvalue weighted by Gasteiger charge is -2.36. The zero-order valence-electron chi connectivity index (χ0n) is 17.7. The van der Waals surface area contributed by atoms with Gasteiger partial charge in [0.05, 0.1) is 31.4 Å². The Morgan fingerprint density at radius 2 is 1.73 bits per heavy atom. The van der Waals surface area contributed by atoms with E-state index in [-0.39, 0.29) is 23.3 Å². The highest BCUT2D eigenvalue weighted by molar-refractivity contribution is 6.30. The van der Waals surface area contributed by atoms with Crippen LogP contribution in [-0.2, 0) is 30.2 Å². The number of carbonyl (C=O) groups excluding carboxylic acids is 2. The average molecular weight is 476 g/mol. The van der Waals surface area contributed by atoms with Crippen LogP contribution in [0.15, 0.2) is 65.8 Å². The highest BCUT2D eigenvalue weighted by atomic mass is 35.5. The van der Waals surface area contributed by atoms with Crippen LogP contribution < -0.4 is 5.32 Å². The number of fused-ring (bicyclic) bond motifs is 2. The third kappa shape index (κ3) is 4.24. The highest BCUT2D eigenvalue weighted by Gasteiger charge is 2.58. The molecule has 1 N–H and O–H groups in total. The summed E-state index contributed by atoms with van der Waals surface area (Å²) >= 11 is 6.00. The van der Waals surface area contributed by atoms with Gasteiger partial charge in [0, 0.05) is 16.8 Å². The Kier molecular flexibility index (Phi) is 6.23. The molecule has 0 saturated heterocycles. The fraction of sp³-hybridized carbons (Fsp3) is 0.250. The molecule has 0 radical (unpaired) electrons. The first-order valence-corrected chi connectivity index (χ1v) is 10.4. The molecule has 0 aliphatic carbocycles. The minimum atomic E-state index is -1.45. The van der Waals surface area contributed by atoms with Gasteiger partial charge in [-0.2, -0.15) is 0 Å². The first kappa shape index (κ1) is 22.9. The summed E-state index contributed by atoms with van der Waals surface area (Å²) in [7, 11) is 2.39. The van der Waals surface area contributed by atoms with Gasteiger partial charge in [0.15, 0.2) is 0 Å². The molecular weight excluding hydrogens is 456 g/mol. The molecule has 9 heteroatoms. The van der Waals surface area contributed by atoms with Gasteiger partial charge in [-0.15, -0.1) is 0 Å². The zero-order chi connectivity index (χ0) is 23.8. The van der Waals surface area contributed by atoms with E-state index in [4.69, 9.17) is 25.8 Å². The number of esters is 2. The van der Waals surface area contributed by atoms with E-state index < -0.39 is 41.3 Å². The third-order valence-electron chi connectivity index (χ3n) is 5.65. The van der Waals surface area contributed by atoms with Crippen LogP contribution in [0.4, 0.5) is 14.5 Å². The van der Waals surface area contributed by atoms with E-state index in [1.54, 1.807) is 36.4 Å². The standard InChI is InChI=1S/C24H20ClF2NO5/c1-31-22(29)20-18-7-8-24(33-18,21(20)23(30)32-2)19(9-13-3-5-14(25)6-4-13)28-17-11-15(26)10-16(27)12-17/h3-8,10-12,18-19,28H,9H2,1-2H3. The largest absolute Gasteiger partial charge is 0.466 e. The smallest absolute Gasteiger partial charge is 0.337 e. The second-order valence-electron chi connectivity index (χ2n) is 7.65. The molecule has 0 amide bonds. The van der Waals surface area contributed by atoms with E-state index in [9.17, 15) is 18.4 Å². The summed E-state index contributed by atoms with van der Waals surface area (Å²) in [5, 5.41) is 3.62. The quantitative estimate of drug-likeness (QED) is 0.482. The van der Waals surface area contributed by atoms with Crippen molar-refractivity contribution in [3.63, 3.8) is 0 Å². The molecule has 33 heavy (non-hydrogen) atoms. The predicted octanol–water partition coefficient (Wildman–Crippen LogP) is 3.99. The highest BCUT2D eigenvalue weighted by Crippen LogP contribution is 2.47. The Bertz CT molecular complexity index is 1140.